The topological polar surface area (TPSA) is 116 Å². The van der Waals surface area contributed by atoms with E-state index >= 15 is 0 Å². The Bertz CT molecular complexity index is 712. The van der Waals surface area contributed by atoms with Gasteiger partial charge in [0.05, 0.1) is 19.8 Å². The zero-order valence-electron chi connectivity index (χ0n) is 32.0. The molecule has 1 N–H and O–H groups in total. The van der Waals surface area contributed by atoms with Crippen molar-refractivity contribution >= 4 is 23.9 Å². The lowest BCUT2D eigenvalue weighted by molar-refractivity contribution is -0.145. The maximum Gasteiger partial charge on any atom is 0.305 e. The van der Waals surface area contributed by atoms with Crippen LogP contribution in [0.3, 0.4) is 0 Å². The number of unbranched alkanes of at least 4 members (excludes halogenated alkanes) is 15. The van der Waals surface area contributed by atoms with E-state index in [1.165, 1.54) is 51.4 Å². The highest BCUT2D eigenvalue weighted by atomic mass is 16.5. The molecule has 0 aromatic carbocycles. The van der Waals surface area contributed by atoms with Gasteiger partial charge in [0, 0.05) is 25.7 Å². The van der Waals surface area contributed by atoms with Crippen molar-refractivity contribution in [2.45, 2.75) is 202 Å². The second kappa shape index (κ2) is 37.7. The minimum atomic E-state index is -0.810. The second-order valence-corrected chi connectivity index (χ2v) is 14.1. The van der Waals surface area contributed by atoms with Crippen LogP contribution in [0.1, 0.15) is 202 Å². The van der Waals surface area contributed by atoms with Crippen molar-refractivity contribution in [1.82, 2.24) is 0 Å². The largest absolute Gasteiger partial charge is 0.481 e. The number of hydrogen-bond donors (Lipinski definition) is 1. The lowest BCUT2D eigenvalue weighted by Gasteiger charge is -2.07. The molecule has 0 atom stereocenters. The molecule has 0 saturated heterocycles. The predicted molar refractivity (Wildman–Crippen MR) is 196 cm³/mol. The summed E-state index contributed by atoms with van der Waals surface area (Å²) < 4.78 is 15.7. The van der Waals surface area contributed by atoms with Gasteiger partial charge in [-0.25, -0.2) is 0 Å². The fourth-order valence-electron chi connectivity index (χ4n) is 5.11. The molecule has 0 aliphatic carbocycles. The van der Waals surface area contributed by atoms with Gasteiger partial charge in [-0.1, -0.05) is 131 Å². The summed E-state index contributed by atoms with van der Waals surface area (Å²) in [5.74, 6) is 0.410. The van der Waals surface area contributed by atoms with Gasteiger partial charge in [0.2, 0.25) is 0 Å². The van der Waals surface area contributed by atoms with Crippen molar-refractivity contribution in [1.29, 1.82) is 0 Å². The van der Waals surface area contributed by atoms with Gasteiger partial charge in [0.1, 0.15) is 0 Å². The fraction of sp³-hybridized carbons (Fsp3) is 0.900. The average molecular weight is 685 g/mol. The quantitative estimate of drug-likeness (QED) is 0.0412. The summed E-state index contributed by atoms with van der Waals surface area (Å²) in [6.07, 6.45) is 25.1. The molecule has 0 aromatic heterocycles. The summed E-state index contributed by atoms with van der Waals surface area (Å²) in [5.41, 5.74) is 0. The van der Waals surface area contributed by atoms with E-state index in [1.54, 1.807) is 0 Å². The molecular weight excluding hydrogens is 608 g/mol. The molecular formula is C40H76O8. The van der Waals surface area contributed by atoms with Gasteiger partial charge in [0.15, 0.2) is 0 Å². The zero-order chi connectivity index (χ0) is 36.1. The summed E-state index contributed by atoms with van der Waals surface area (Å²) >= 11 is 0. The van der Waals surface area contributed by atoms with Crippen molar-refractivity contribution in [3.8, 4) is 0 Å². The van der Waals surface area contributed by atoms with Gasteiger partial charge < -0.3 is 19.3 Å². The maximum absolute atomic E-state index is 11.7. The van der Waals surface area contributed by atoms with Crippen molar-refractivity contribution in [3.05, 3.63) is 0 Å². The minimum absolute atomic E-state index is 0.0502. The summed E-state index contributed by atoms with van der Waals surface area (Å²) in [4.78, 5) is 44.9. The molecule has 0 rings (SSSR count). The van der Waals surface area contributed by atoms with Gasteiger partial charge in [-0.2, -0.15) is 0 Å². The van der Waals surface area contributed by atoms with E-state index in [-0.39, 0.29) is 24.3 Å². The van der Waals surface area contributed by atoms with Crippen LogP contribution in [0.15, 0.2) is 0 Å². The number of aliphatic carboxylic acids is 1. The maximum atomic E-state index is 11.7. The van der Waals surface area contributed by atoms with Crippen LogP contribution < -0.4 is 0 Å². The van der Waals surface area contributed by atoms with E-state index in [9.17, 15) is 19.2 Å². The average Bonchev–Trinajstić information content (AvgIpc) is 3.03. The third-order valence-corrected chi connectivity index (χ3v) is 8.17. The van der Waals surface area contributed by atoms with E-state index in [0.717, 1.165) is 88.9 Å². The monoisotopic (exact) mass is 685 g/mol. The van der Waals surface area contributed by atoms with Crippen LogP contribution >= 0.6 is 0 Å². The number of esters is 3. The Morgan fingerprint density at radius 3 is 1.06 bits per heavy atom. The first-order valence-electron chi connectivity index (χ1n) is 19.8. The molecule has 8 heteroatoms. The predicted octanol–water partition coefficient (Wildman–Crippen LogP) is 11.2. The number of carbonyl (C=O) groups excluding carboxylic acids is 3. The molecule has 8 nitrogen and oxygen atoms in total. The smallest absolute Gasteiger partial charge is 0.305 e. The summed E-state index contributed by atoms with van der Waals surface area (Å²) in [7, 11) is 0. The molecule has 0 aliphatic rings. The summed E-state index contributed by atoms with van der Waals surface area (Å²) in [5, 5.41) is 8.42. The number of ether oxygens (including phenoxy) is 3. The number of carbonyl (C=O) groups is 4. The van der Waals surface area contributed by atoms with Gasteiger partial charge >= 0.3 is 23.9 Å². The second-order valence-electron chi connectivity index (χ2n) is 14.1. The Morgan fingerprint density at radius 1 is 0.417 bits per heavy atom. The van der Waals surface area contributed by atoms with Crippen molar-refractivity contribution in [2.24, 2.45) is 11.8 Å². The van der Waals surface area contributed by atoms with Gasteiger partial charge in [-0.15, -0.1) is 0 Å². The van der Waals surface area contributed by atoms with E-state index in [1.807, 2.05) is 0 Å². The van der Waals surface area contributed by atoms with Crippen LogP contribution in [0, 0.1) is 11.8 Å². The molecule has 0 amide bonds. The zero-order valence-corrected chi connectivity index (χ0v) is 32.0. The Labute approximate surface area is 295 Å². The van der Waals surface area contributed by atoms with Crippen molar-refractivity contribution in [2.75, 3.05) is 19.8 Å². The van der Waals surface area contributed by atoms with Crippen LogP contribution in [-0.4, -0.2) is 48.8 Å². The highest BCUT2D eigenvalue weighted by molar-refractivity contribution is 5.70. The molecule has 48 heavy (non-hydrogen) atoms. The van der Waals surface area contributed by atoms with Gasteiger partial charge in [-0.05, 0) is 56.8 Å². The van der Waals surface area contributed by atoms with E-state index in [4.69, 9.17) is 19.3 Å². The Morgan fingerprint density at radius 2 is 0.708 bits per heavy atom. The Hall–Kier alpha value is -2.12. The minimum Gasteiger partial charge on any atom is -0.481 e. The molecule has 0 aliphatic heterocycles. The van der Waals surface area contributed by atoms with Gasteiger partial charge in [-0.3, -0.25) is 19.2 Å². The van der Waals surface area contributed by atoms with E-state index < -0.39 is 5.97 Å². The third-order valence-electron chi connectivity index (χ3n) is 8.17. The SMILES string of the molecule is CC(C)CCCCCOC(=O)CCCCCCCCC(=O)OCCCCCC(C)C.CCCCCCCCOC(=O)CCCCC(=O)O. The van der Waals surface area contributed by atoms with Crippen LogP contribution in [0.25, 0.3) is 0 Å². The first kappa shape index (κ1) is 48.0. The lowest BCUT2D eigenvalue weighted by atomic mass is 10.1. The molecule has 0 saturated carbocycles. The molecule has 0 heterocycles. The Kier molecular flexibility index (Phi) is 37.7. The normalized spacial score (nSPS) is 10.9. The van der Waals surface area contributed by atoms with Crippen LogP contribution in [0.4, 0.5) is 0 Å². The van der Waals surface area contributed by atoms with Crippen LogP contribution in [-0.2, 0) is 33.4 Å². The highest BCUT2D eigenvalue weighted by Gasteiger charge is 2.06. The van der Waals surface area contributed by atoms with Crippen molar-refractivity contribution < 1.29 is 38.5 Å². The fourth-order valence-corrected chi connectivity index (χ4v) is 5.11. The van der Waals surface area contributed by atoms with E-state index in [2.05, 4.69) is 34.6 Å². The highest BCUT2D eigenvalue weighted by Crippen LogP contribution is 2.12. The van der Waals surface area contributed by atoms with E-state index in [0.29, 0.717) is 51.9 Å². The standard InChI is InChI=1S/C26H50O4.C14H26O4/c1-23(2)17-11-9-15-21-29-25(27)19-13-7-5-6-8-14-20-26(28)30-22-16-10-12-18-24(3)4;1-2-3-4-5-6-9-12-18-14(17)11-8-7-10-13(15)16/h23-24H,5-22H2,1-4H3;2-12H2,1H3,(H,15,16). The van der Waals surface area contributed by atoms with Crippen LogP contribution in [0.5, 0.6) is 0 Å². The lowest BCUT2D eigenvalue weighted by Crippen LogP contribution is -2.06. The molecule has 0 radical (unpaired) electrons. The Balaban J connectivity index is 0. The first-order chi connectivity index (χ1) is 23.1. The number of rotatable bonds is 33. The molecule has 0 bridgehead atoms. The van der Waals surface area contributed by atoms with Gasteiger partial charge in [0.25, 0.3) is 0 Å². The molecule has 0 unspecified atom stereocenters. The third kappa shape index (κ3) is 43.9. The first-order valence-corrected chi connectivity index (χ1v) is 19.8. The van der Waals surface area contributed by atoms with Crippen LogP contribution in [0.2, 0.25) is 0 Å². The number of carboxylic acid groups (broad SMARTS) is 1. The molecule has 0 spiro atoms. The molecule has 0 fully saturated rings. The summed E-state index contributed by atoms with van der Waals surface area (Å²) in [6, 6.07) is 0. The number of hydrogen-bond acceptors (Lipinski definition) is 7. The molecule has 284 valence electrons. The molecule has 0 aromatic rings. The van der Waals surface area contributed by atoms with Crippen molar-refractivity contribution in [3.63, 3.8) is 0 Å². The number of carboxylic acids is 1. The summed E-state index contributed by atoms with van der Waals surface area (Å²) in [6.45, 7) is 12.8.